The van der Waals surface area contributed by atoms with Gasteiger partial charge in [-0.1, -0.05) is 25.2 Å². The van der Waals surface area contributed by atoms with E-state index in [0.29, 0.717) is 0 Å². The Morgan fingerprint density at radius 1 is 0.680 bits per heavy atom. The van der Waals surface area contributed by atoms with Gasteiger partial charge in [-0.3, -0.25) is 19.2 Å². The van der Waals surface area contributed by atoms with Crippen LogP contribution in [0.2, 0.25) is 0 Å². The van der Waals surface area contributed by atoms with Gasteiger partial charge < -0.3 is 0 Å². The smallest absolute Gasteiger partial charge is 0.167 e. The summed E-state index contributed by atoms with van der Waals surface area (Å²) in [7, 11) is 0. The Kier molecular flexibility index (Phi) is 7.60. The van der Waals surface area contributed by atoms with Crippen LogP contribution in [0.3, 0.4) is 0 Å². The van der Waals surface area contributed by atoms with Crippen molar-refractivity contribution in [2.24, 2.45) is 0 Å². The molecule has 4 nitrogen and oxygen atoms in total. The average molecular weight is 338 g/mol. The van der Waals surface area contributed by atoms with E-state index < -0.39 is 0 Å². The Morgan fingerprint density at radius 3 is 1.20 bits per heavy atom. The van der Waals surface area contributed by atoms with Crippen molar-refractivity contribution >= 4 is 23.1 Å². The van der Waals surface area contributed by atoms with Gasteiger partial charge in [0, 0.05) is 47.9 Å². The molecule has 0 spiro atoms. The summed E-state index contributed by atoms with van der Waals surface area (Å²) in [6.45, 7) is 12.3. The van der Waals surface area contributed by atoms with E-state index in [0.717, 1.165) is 0 Å². The Hall–Kier alpha value is -2.88. The zero-order valence-electron chi connectivity index (χ0n) is 14.5. The van der Waals surface area contributed by atoms with Gasteiger partial charge in [-0.15, -0.1) is 19.7 Å². The molecule has 0 amide bonds. The van der Waals surface area contributed by atoms with Gasteiger partial charge in [0.2, 0.25) is 0 Å². The molecule has 130 valence electrons. The summed E-state index contributed by atoms with van der Waals surface area (Å²) in [5.74, 6) is -1.23. The number of ketones is 4. The van der Waals surface area contributed by atoms with Crippen molar-refractivity contribution in [3.63, 3.8) is 0 Å². The largest absolute Gasteiger partial charge is 0.294 e. The summed E-state index contributed by atoms with van der Waals surface area (Å²) in [6.07, 6.45) is 4.59. The molecule has 0 radical (unpaired) electrons. The Balaban J connectivity index is 3.71. The molecule has 0 atom stereocenters. The predicted octanol–water partition coefficient (Wildman–Crippen LogP) is 4.56. The number of allylic oxidation sites excluding steroid dienone is 3. The molecule has 0 saturated heterocycles. The van der Waals surface area contributed by atoms with Gasteiger partial charge in [0.1, 0.15) is 0 Å². The number of hydrogen-bond donors (Lipinski definition) is 0. The van der Waals surface area contributed by atoms with Gasteiger partial charge in [-0.2, -0.15) is 0 Å². The molecule has 0 aliphatic heterocycles. The summed E-state index contributed by atoms with van der Waals surface area (Å²) in [5, 5.41) is 0. The van der Waals surface area contributed by atoms with Crippen LogP contribution >= 0.6 is 0 Å². The Morgan fingerprint density at radius 2 is 0.960 bits per heavy atom. The van der Waals surface area contributed by atoms with Crippen LogP contribution in [-0.2, 0) is 0 Å². The number of benzene rings is 1. The van der Waals surface area contributed by atoms with Crippen LogP contribution in [0.5, 0.6) is 0 Å². The number of carbonyl (C=O) groups excluding carboxylic acids is 4. The van der Waals surface area contributed by atoms with Crippen molar-refractivity contribution in [1.82, 2.24) is 0 Å². The summed E-state index contributed by atoms with van der Waals surface area (Å²) in [4.78, 5) is 49.4. The number of hydrogen-bond acceptors (Lipinski definition) is 4. The third-order valence-corrected chi connectivity index (χ3v) is 3.67. The van der Waals surface area contributed by atoms with Crippen molar-refractivity contribution < 1.29 is 19.2 Å². The van der Waals surface area contributed by atoms with E-state index in [4.69, 9.17) is 0 Å². The third-order valence-electron chi connectivity index (χ3n) is 3.67. The lowest BCUT2D eigenvalue weighted by molar-refractivity contribution is 0.0950. The first-order chi connectivity index (χ1) is 11.9. The maximum Gasteiger partial charge on any atom is 0.167 e. The molecule has 0 heterocycles. The fourth-order valence-electron chi connectivity index (χ4n) is 2.44. The quantitative estimate of drug-likeness (QED) is 0.438. The predicted molar refractivity (Wildman–Crippen MR) is 98.5 cm³/mol. The van der Waals surface area contributed by atoms with Crippen molar-refractivity contribution in [1.29, 1.82) is 0 Å². The highest BCUT2D eigenvalue weighted by molar-refractivity contribution is 6.16. The molecular formula is C21H22O4. The summed E-state index contributed by atoms with van der Waals surface area (Å²) in [6, 6.07) is 2.72. The zero-order chi connectivity index (χ0) is 19.0. The molecule has 0 N–H and O–H groups in total. The molecule has 1 aromatic carbocycles. The van der Waals surface area contributed by atoms with Gasteiger partial charge in [0.15, 0.2) is 23.1 Å². The standard InChI is InChI=1S/C21H22O4/c1-5-9-19(23)15-13-17(21(25)11-7-3)16(20(24)10-6-2)12-14(15)18(22)8-4/h5-7,12-13H,1-3,8-11H2,4H3. The van der Waals surface area contributed by atoms with Crippen molar-refractivity contribution in [3.05, 3.63) is 72.4 Å². The SMILES string of the molecule is C=CCC(=O)c1cc(C(=O)CC=C)c(C(=O)CC=C)cc1C(=O)CC. The van der Waals surface area contributed by atoms with Gasteiger partial charge in [0.05, 0.1) is 0 Å². The summed E-state index contributed by atoms with van der Waals surface area (Å²) >= 11 is 0. The van der Waals surface area contributed by atoms with Crippen LogP contribution in [0.4, 0.5) is 0 Å². The van der Waals surface area contributed by atoms with Crippen LogP contribution in [0, 0.1) is 0 Å². The van der Waals surface area contributed by atoms with Crippen LogP contribution < -0.4 is 0 Å². The molecule has 0 aliphatic rings. The fourth-order valence-corrected chi connectivity index (χ4v) is 2.44. The molecule has 0 fully saturated rings. The minimum absolute atomic E-state index is 0.0323. The van der Waals surface area contributed by atoms with Crippen LogP contribution in [-0.4, -0.2) is 23.1 Å². The van der Waals surface area contributed by atoms with Crippen LogP contribution in [0.25, 0.3) is 0 Å². The third kappa shape index (κ3) is 4.80. The highest BCUT2D eigenvalue weighted by atomic mass is 16.1. The minimum Gasteiger partial charge on any atom is -0.294 e. The maximum atomic E-state index is 12.4. The number of rotatable bonds is 11. The number of carbonyl (C=O) groups is 4. The minimum atomic E-state index is -0.328. The molecular weight excluding hydrogens is 316 g/mol. The van der Waals surface area contributed by atoms with E-state index in [-0.39, 0.29) is 71.1 Å². The molecule has 0 unspecified atom stereocenters. The number of Topliss-reactive ketones (excluding diaryl/α,β-unsaturated/α-hetero) is 4. The molecule has 25 heavy (non-hydrogen) atoms. The second kappa shape index (κ2) is 9.42. The maximum absolute atomic E-state index is 12.4. The van der Waals surface area contributed by atoms with Gasteiger partial charge >= 0.3 is 0 Å². The zero-order valence-corrected chi connectivity index (χ0v) is 14.5. The molecule has 0 aromatic heterocycles. The van der Waals surface area contributed by atoms with E-state index in [2.05, 4.69) is 19.7 Å². The highest BCUT2D eigenvalue weighted by Crippen LogP contribution is 2.23. The first-order valence-electron chi connectivity index (χ1n) is 8.04. The van der Waals surface area contributed by atoms with E-state index in [1.54, 1.807) is 6.92 Å². The van der Waals surface area contributed by atoms with Crippen LogP contribution in [0.1, 0.15) is 74.0 Å². The highest BCUT2D eigenvalue weighted by Gasteiger charge is 2.23. The molecule has 0 bridgehead atoms. The van der Waals surface area contributed by atoms with E-state index >= 15 is 0 Å². The topological polar surface area (TPSA) is 68.3 Å². The second-order valence-electron chi connectivity index (χ2n) is 5.47. The Bertz CT molecular complexity index is 753. The first kappa shape index (κ1) is 20.2. The van der Waals surface area contributed by atoms with E-state index in [1.807, 2.05) is 0 Å². The van der Waals surface area contributed by atoms with Crippen molar-refractivity contribution in [2.45, 2.75) is 32.6 Å². The molecule has 0 saturated carbocycles. The fraction of sp³-hybridized carbons (Fsp3) is 0.238. The lowest BCUT2D eigenvalue weighted by Crippen LogP contribution is -2.15. The lowest BCUT2D eigenvalue weighted by Gasteiger charge is -2.13. The molecule has 1 rings (SSSR count). The van der Waals surface area contributed by atoms with Gasteiger partial charge in [-0.25, -0.2) is 0 Å². The van der Waals surface area contributed by atoms with Crippen molar-refractivity contribution in [2.75, 3.05) is 0 Å². The van der Waals surface area contributed by atoms with Crippen LogP contribution in [0.15, 0.2) is 50.1 Å². The summed E-state index contributed by atoms with van der Waals surface area (Å²) in [5.41, 5.74) is 0.580. The lowest BCUT2D eigenvalue weighted by atomic mass is 9.88. The monoisotopic (exact) mass is 338 g/mol. The van der Waals surface area contributed by atoms with E-state index in [9.17, 15) is 19.2 Å². The summed E-state index contributed by atoms with van der Waals surface area (Å²) < 4.78 is 0. The molecule has 4 heteroatoms. The molecule has 1 aromatic rings. The van der Waals surface area contributed by atoms with Gasteiger partial charge in [-0.05, 0) is 12.1 Å². The van der Waals surface area contributed by atoms with Gasteiger partial charge in [0.25, 0.3) is 0 Å². The van der Waals surface area contributed by atoms with E-state index in [1.165, 1.54) is 30.4 Å². The average Bonchev–Trinajstić information content (AvgIpc) is 2.60. The normalized spacial score (nSPS) is 9.96. The van der Waals surface area contributed by atoms with Crippen molar-refractivity contribution in [3.8, 4) is 0 Å². The first-order valence-corrected chi connectivity index (χ1v) is 8.04. The second-order valence-corrected chi connectivity index (χ2v) is 5.47. The molecule has 0 aliphatic carbocycles. The Labute approximate surface area is 147 Å².